The van der Waals surface area contributed by atoms with E-state index < -0.39 is 0 Å². The highest BCUT2D eigenvalue weighted by atomic mass is 16.7. The van der Waals surface area contributed by atoms with Crippen LogP contribution < -0.4 is 10.8 Å². The van der Waals surface area contributed by atoms with Crippen molar-refractivity contribution in [3.8, 4) is 0 Å². The summed E-state index contributed by atoms with van der Waals surface area (Å²) in [6.45, 7) is 15.5. The Hall–Kier alpha value is -0.845. The molecule has 1 aromatic heterocycles. The second-order valence-electron chi connectivity index (χ2n) is 7.30. The third kappa shape index (κ3) is 4.17. The van der Waals surface area contributed by atoms with Crippen LogP contribution in [0.15, 0.2) is 12.4 Å². The zero-order valence-electron chi connectivity index (χ0n) is 15.6. The molecule has 0 amide bonds. The van der Waals surface area contributed by atoms with Gasteiger partial charge in [0.25, 0.3) is 0 Å². The molecule has 6 heteroatoms. The first kappa shape index (κ1) is 18.5. The summed E-state index contributed by atoms with van der Waals surface area (Å²) < 4.78 is 14.2. The van der Waals surface area contributed by atoms with E-state index in [9.17, 15) is 0 Å². The topological polar surface area (TPSA) is 48.3 Å². The van der Waals surface area contributed by atoms with E-state index in [1.54, 1.807) is 0 Å². The van der Waals surface area contributed by atoms with Crippen LogP contribution >= 0.6 is 0 Å². The molecule has 2 saturated heterocycles. The Morgan fingerprint density at radius 3 is 2.48 bits per heavy atom. The van der Waals surface area contributed by atoms with Crippen molar-refractivity contribution in [1.82, 2.24) is 15.1 Å². The van der Waals surface area contributed by atoms with Crippen LogP contribution in [-0.4, -0.2) is 41.2 Å². The molecular formula is C17H32BN3O2. The van der Waals surface area contributed by atoms with Gasteiger partial charge in [-0.25, -0.2) is 0 Å². The number of piperidine rings is 1. The Morgan fingerprint density at radius 1 is 1.26 bits per heavy atom. The third-order valence-electron chi connectivity index (χ3n) is 5.02. The SMILES string of the molecule is CC.CC1(C)OB(c2cnn(CC3CCCNC3)c2)OC1(C)C. The fourth-order valence-corrected chi connectivity index (χ4v) is 2.92. The lowest BCUT2D eigenvalue weighted by Gasteiger charge is -2.32. The van der Waals surface area contributed by atoms with Crippen molar-refractivity contribution in [3.05, 3.63) is 12.4 Å². The first-order valence-corrected chi connectivity index (χ1v) is 8.96. The lowest BCUT2D eigenvalue weighted by atomic mass is 9.82. The first-order valence-electron chi connectivity index (χ1n) is 8.96. The quantitative estimate of drug-likeness (QED) is 0.867. The predicted octanol–water partition coefficient (Wildman–Crippen LogP) is 2.21. The minimum Gasteiger partial charge on any atom is -0.399 e. The Balaban J connectivity index is 0.000000924. The van der Waals surface area contributed by atoms with Crippen LogP contribution in [0.1, 0.15) is 54.4 Å². The molecule has 3 heterocycles. The van der Waals surface area contributed by atoms with Crippen LogP contribution in [0.5, 0.6) is 0 Å². The molecular weight excluding hydrogens is 289 g/mol. The molecule has 0 saturated carbocycles. The highest BCUT2D eigenvalue weighted by Crippen LogP contribution is 2.36. The maximum absolute atomic E-state index is 6.07. The van der Waals surface area contributed by atoms with Gasteiger partial charge >= 0.3 is 7.12 Å². The number of hydrogen-bond donors (Lipinski definition) is 1. The van der Waals surface area contributed by atoms with E-state index in [4.69, 9.17) is 9.31 Å². The van der Waals surface area contributed by atoms with Crippen molar-refractivity contribution >= 4 is 12.6 Å². The molecule has 2 aliphatic heterocycles. The van der Waals surface area contributed by atoms with Crippen molar-refractivity contribution in [2.24, 2.45) is 5.92 Å². The zero-order chi connectivity index (χ0) is 17.1. The molecule has 1 N–H and O–H groups in total. The van der Waals surface area contributed by atoms with Gasteiger partial charge in [-0.05, 0) is 59.5 Å². The van der Waals surface area contributed by atoms with Crippen LogP contribution in [0.4, 0.5) is 0 Å². The second kappa shape index (κ2) is 7.37. The average molecular weight is 321 g/mol. The standard InChI is InChI=1S/C15H26BN3O2.C2H6/c1-14(2)15(3,4)21-16(20-14)13-9-18-19(11-13)10-12-6-5-7-17-8-12;1-2/h9,11-12,17H,5-8,10H2,1-4H3;1-2H3. The van der Waals surface area contributed by atoms with Gasteiger partial charge in [0, 0.05) is 24.4 Å². The van der Waals surface area contributed by atoms with Gasteiger partial charge in [0.15, 0.2) is 0 Å². The van der Waals surface area contributed by atoms with Crippen LogP contribution in [0.3, 0.4) is 0 Å². The van der Waals surface area contributed by atoms with Crippen LogP contribution in [0, 0.1) is 5.92 Å². The molecule has 5 nitrogen and oxygen atoms in total. The van der Waals surface area contributed by atoms with E-state index in [-0.39, 0.29) is 18.3 Å². The van der Waals surface area contributed by atoms with Gasteiger partial charge in [0.05, 0.1) is 11.2 Å². The molecule has 3 rings (SSSR count). The summed E-state index contributed by atoms with van der Waals surface area (Å²) in [7, 11) is -0.312. The Morgan fingerprint density at radius 2 is 1.91 bits per heavy atom. The summed E-state index contributed by atoms with van der Waals surface area (Å²) >= 11 is 0. The molecule has 1 unspecified atom stereocenters. The van der Waals surface area contributed by atoms with E-state index in [1.807, 2.05) is 24.7 Å². The number of rotatable bonds is 3. The van der Waals surface area contributed by atoms with E-state index >= 15 is 0 Å². The van der Waals surface area contributed by atoms with E-state index in [2.05, 4.69) is 44.3 Å². The monoisotopic (exact) mass is 321 g/mol. The van der Waals surface area contributed by atoms with E-state index in [1.165, 1.54) is 12.8 Å². The molecule has 0 aliphatic carbocycles. The summed E-state index contributed by atoms with van der Waals surface area (Å²) in [5.74, 6) is 0.671. The highest BCUT2D eigenvalue weighted by molar-refractivity contribution is 6.61. The second-order valence-corrected chi connectivity index (χ2v) is 7.30. The van der Waals surface area contributed by atoms with Gasteiger partial charge < -0.3 is 14.6 Å². The van der Waals surface area contributed by atoms with Crippen LogP contribution in [0.25, 0.3) is 0 Å². The number of aromatic nitrogens is 2. The molecule has 0 aromatic carbocycles. The molecule has 2 fully saturated rings. The smallest absolute Gasteiger partial charge is 0.399 e. The lowest BCUT2D eigenvalue weighted by Crippen LogP contribution is -2.41. The maximum atomic E-state index is 6.07. The van der Waals surface area contributed by atoms with Crippen molar-refractivity contribution < 1.29 is 9.31 Å². The summed E-state index contributed by atoms with van der Waals surface area (Å²) in [6, 6.07) is 0. The fourth-order valence-electron chi connectivity index (χ4n) is 2.92. The molecule has 2 aliphatic rings. The van der Waals surface area contributed by atoms with Crippen molar-refractivity contribution in [2.45, 2.75) is 72.1 Å². The zero-order valence-corrected chi connectivity index (χ0v) is 15.6. The van der Waals surface area contributed by atoms with Gasteiger partial charge in [-0.15, -0.1) is 0 Å². The largest absolute Gasteiger partial charge is 0.498 e. The fraction of sp³-hybridized carbons (Fsp3) is 0.824. The minimum atomic E-state index is -0.312. The molecule has 0 bridgehead atoms. The number of hydrogen-bond acceptors (Lipinski definition) is 4. The number of nitrogens with one attached hydrogen (secondary N) is 1. The van der Waals surface area contributed by atoms with E-state index in [0.29, 0.717) is 5.92 Å². The molecule has 130 valence electrons. The Labute approximate surface area is 141 Å². The van der Waals surface area contributed by atoms with Crippen LogP contribution in [-0.2, 0) is 15.9 Å². The molecule has 1 aromatic rings. The van der Waals surface area contributed by atoms with Gasteiger partial charge in [0.2, 0.25) is 0 Å². The van der Waals surface area contributed by atoms with Crippen molar-refractivity contribution in [2.75, 3.05) is 13.1 Å². The van der Waals surface area contributed by atoms with Gasteiger partial charge in [-0.1, -0.05) is 13.8 Å². The third-order valence-corrected chi connectivity index (χ3v) is 5.02. The Bertz CT molecular complexity index is 480. The van der Waals surface area contributed by atoms with Crippen molar-refractivity contribution in [3.63, 3.8) is 0 Å². The van der Waals surface area contributed by atoms with Gasteiger partial charge in [-0.2, -0.15) is 5.10 Å². The Kier molecular flexibility index (Phi) is 5.92. The summed E-state index contributed by atoms with van der Waals surface area (Å²) in [5.41, 5.74) is 0.414. The summed E-state index contributed by atoms with van der Waals surface area (Å²) in [6.07, 6.45) is 6.48. The molecule has 1 atom stereocenters. The molecule has 0 radical (unpaired) electrons. The first-order chi connectivity index (χ1) is 10.9. The minimum absolute atomic E-state index is 0.299. The lowest BCUT2D eigenvalue weighted by molar-refractivity contribution is 0.00578. The predicted molar refractivity (Wildman–Crippen MR) is 94.9 cm³/mol. The highest BCUT2D eigenvalue weighted by Gasteiger charge is 2.52. The van der Waals surface area contributed by atoms with Gasteiger partial charge in [0.1, 0.15) is 0 Å². The van der Waals surface area contributed by atoms with Gasteiger partial charge in [-0.3, -0.25) is 4.68 Å². The van der Waals surface area contributed by atoms with Crippen molar-refractivity contribution in [1.29, 1.82) is 0 Å². The van der Waals surface area contributed by atoms with E-state index in [0.717, 1.165) is 25.1 Å². The average Bonchev–Trinajstić information content (AvgIpc) is 3.05. The normalized spacial score (nSPS) is 25.8. The number of nitrogens with zero attached hydrogens (tertiary/aromatic N) is 2. The summed E-state index contributed by atoms with van der Waals surface area (Å²) in [4.78, 5) is 0. The molecule has 23 heavy (non-hydrogen) atoms. The van der Waals surface area contributed by atoms with Crippen LogP contribution in [0.2, 0.25) is 0 Å². The maximum Gasteiger partial charge on any atom is 0.498 e. The summed E-state index contributed by atoms with van der Waals surface area (Å²) in [5, 5.41) is 7.93. The molecule has 0 spiro atoms.